The molecule has 6 nitrogen and oxygen atoms in total. The van der Waals surface area contributed by atoms with Crippen LogP contribution in [0.3, 0.4) is 0 Å². The average Bonchev–Trinajstić information content (AvgIpc) is 2.69. The zero-order chi connectivity index (χ0) is 21.8. The number of ether oxygens (including phenoxy) is 1. The Kier molecular flexibility index (Phi) is 7.36. The Hall–Kier alpha value is -2.13. The molecule has 1 heterocycles. The second kappa shape index (κ2) is 9.78. The predicted octanol–water partition coefficient (Wildman–Crippen LogP) is 4.61. The third-order valence-electron chi connectivity index (χ3n) is 4.24. The molecule has 0 aliphatic rings. The number of nitrogens with zero attached hydrogens (tertiary/aromatic N) is 2. The van der Waals surface area contributed by atoms with Crippen molar-refractivity contribution in [2.45, 2.75) is 23.9 Å². The van der Waals surface area contributed by atoms with Crippen LogP contribution in [-0.4, -0.2) is 34.4 Å². The fourth-order valence-corrected chi connectivity index (χ4v) is 3.94. The fraction of sp³-hybridized carbons (Fsp3) is 0.250. The molecular formula is C20H18Cl2FN3O3S. The number of carbonyl (C=O) groups excluding carboxylic acids is 1. The summed E-state index contributed by atoms with van der Waals surface area (Å²) < 4.78 is 20.5. The molecule has 0 aliphatic carbocycles. The number of thioether (sulfide) groups is 1. The van der Waals surface area contributed by atoms with Gasteiger partial charge in [-0.2, -0.15) is 0 Å². The lowest BCUT2D eigenvalue weighted by Gasteiger charge is -2.16. The van der Waals surface area contributed by atoms with E-state index in [1.807, 2.05) is 0 Å². The normalized spacial score (nSPS) is 12.2. The molecule has 0 aliphatic heterocycles. The summed E-state index contributed by atoms with van der Waals surface area (Å²) in [5.74, 6) is -1.08. The van der Waals surface area contributed by atoms with E-state index in [0.29, 0.717) is 27.7 Å². The molecule has 0 saturated carbocycles. The van der Waals surface area contributed by atoms with E-state index in [2.05, 4.69) is 10.3 Å². The number of hydrogen-bond donors (Lipinski definition) is 1. The van der Waals surface area contributed by atoms with E-state index >= 15 is 0 Å². The van der Waals surface area contributed by atoms with Gasteiger partial charge in [0.2, 0.25) is 5.91 Å². The SMILES string of the molecule is COCCn1c(SC(C)C(=O)Nc2ccc(Cl)cc2F)nc2cc(Cl)ccc2c1=O. The fourth-order valence-electron chi connectivity index (χ4n) is 2.68. The van der Waals surface area contributed by atoms with Gasteiger partial charge in [0.25, 0.3) is 5.56 Å². The van der Waals surface area contributed by atoms with Crippen molar-refractivity contribution >= 4 is 57.5 Å². The molecule has 1 atom stereocenters. The first-order valence-corrected chi connectivity index (χ1v) is 10.6. The van der Waals surface area contributed by atoms with Crippen LogP contribution in [0.25, 0.3) is 10.9 Å². The predicted molar refractivity (Wildman–Crippen MR) is 118 cm³/mol. The topological polar surface area (TPSA) is 73.2 Å². The van der Waals surface area contributed by atoms with E-state index in [-0.39, 0.29) is 22.8 Å². The van der Waals surface area contributed by atoms with Gasteiger partial charge in [0.05, 0.1) is 35.0 Å². The van der Waals surface area contributed by atoms with Crippen molar-refractivity contribution in [3.8, 4) is 0 Å². The third kappa shape index (κ3) is 5.13. The van der Waals surface area contributed by atoms with Gasteiger partial charge in [0.15, 0.2) is 5.16 Å². The maximum Gasteiger partial charge on any atom is 0.262 e. The Balaban J connectivity index is 1.90. The molecule has 158 valence electrons. The molecule has 3 aromatic rings. The van der Waals surface area contributed by atoms with Gasteiger partial charge in [-0.3, -0.25) is 14.2 Å². The van der Waals surface area contributed by atoms with Crippen molar-refractivity contribution in [3.63, 3.8) is 0 Å². The summed E-state index contributed by atoms with van der Waals surface area (Å²) in [6.07, 6.45) is 0. The zero-order valence-electron chi connectivity index (χ0n) is 16.1. The van der Waals surface area contributed by atoms with Gasteiger partial charge in [-0.05, 0) is 43.3 Å². The molecule has 30 heavy (non-hydrogen) atoms. The van der Waals surface area contributed by atoms with Gasteiger partial charge < -0.3 is 10.1 Å². The lowest BCUT2D eigenvalue weighted by Crippen LogP contribution is -2.28. The highest BCUT2D eigenvalue weighted by Crippen LogP contribution is 2.26. The number of aromatic nitrogens is 2. The Morgan fingerprint density at radius 3 is 2.67 bits per heavy atom. The minimum Gasteiger partial charge on any atom is -0.383 e. The molecule has 0 radical (unpaired) electrons. The lowest BCUT2D eigenvalue weighted by molar-refractivity contribution is -0.115. The Bertz CT molecular complexity index is 1160. The van der Waals surface area contributed by atoms with E-state index in [1.165, 1.54) is 23.8 Å². The number of methoxy groups -OCH3 is 1. The summed E-state index contributed by atoms with van der Waals surface area (Å²) >= 11 is 12.9. The molecule has 1 amide bonds. The summed E-state index contributed by atoms with van der Waals surface area (Å²) in [6.45, 7) is 2.21. The third-order valence-corrected chi connectivity index (χ3v) is 5.80. The van der Waals surface area contributed by atoms with Crippen molar-refractivity contribution in [2.24, 2.45) is 0 Å². The molecule has 1 unspecified atom stereocenters. The number of carbonyl (C=O) groups is 1. The first kappa shape index (κ1) is 22.6. The van der Waals surface area contributed by atoms with Crippen molar-refractivity contribution < 1.29 is 13.9 Å². The van der Waals surface area contributed by atoms with Gasteiger partial charge in [0, 0.05) is 17.2 Å². The number of nitrogens with one attached hydrogen (secondary N) is 1. The van der Waals surface area contributed by atoms with Gasteiger partial charge in [-0.25, -0.2) is 9.37 Å². The van der Waals surface area contributed by atoms with Crippen LogP contribution in [0.5, 0.6) is 0 Å². The Labute approximate surface area is 186 Å². The van der Waals surface area contributed by atoms with E-state index in [0.717, 1.165) is 17.8 Å². The summed E-state index contributed by atoms with van der Waals surface area (Å²) in [7, 11) is 1.53. The monoisotopic (exact) mass is 469 g/mol. The number of hydrogen-bond acceptors (Lipinski definition) is 5. The van der Waals surface area contributed by atoms with E-state index < -0.39 is 17.0 Å². The highest BCUT2D eigenvalue weighted by atomic mass is 35.5. The summed E-state index contributed by atoms with van der Waals surface area (Å²) in [6, 6.07) is 8.82. The molecule has 0 bridgehead atoms. The van der Waals surface area contributed by atoms with Crippen LogP contribution in [0.15, 0.2) is 46.3 Å². The zero-order valence-corrected chi connectivity index (χ0v) is 18.4. The smallest absolute Gasteiger partial charge is 0.262 e. The van der Waals surface area contributed by atoms with E-state index in [4.69, 9.17) is 27.9 Å². The summed E-state index contributed by atoms with van der Waals surface area (Å²) in [5, 5.41) is 3.29. The van der Waals surface area contributed by atoms with Gasteiger partial charge in [-0.1, -0.05) is 35.0 Å². The quantitative estimate of drug-likeness (QED) is 0.404. The van der Waals surface area contributed by atoms with Crippen LogP contribution in [0.2, 0.25) is 10.0 Å². The van der Waals surface area contributed by atoms with E-state index in [1.54, 1.807) is 25.1 Å². The van der Waals surface area contributed by atoms with Crippen LogP contribution < -0.4 is 10.9 Å². The van der Waals surface area contributed by atoms with Gasteiger partial charge in [-0.15, -0.1) is 0 Å². The first-order valence-electron chi connectivity index (χ1n) is 8.91. The number of fused-ring (bicyclic) bond motifs is 1. The number of benzene rings is 2. The number of anilines is 1. The number of halogens is 3. The summed E-state index contributed by atoms with van der Waals surface area (Å²) in [5.41, 5.74) is 0.194. The second-order valence-corrected chi connectivity index (χ2v) is 8.56. The number of amides is 1. The Morgan fingerprint density at radius 1 is 1.27 bits per heavy atom. The van der Waals surface area contributed by atoms with Crippen LogP contribution in [0.4, 0.5) is 10.1 Å². The lowest BCUT2D eigenvalue weighted by atomic mass is 10.2. The molecule has 3 rings (SSSR count). The molecular weight excluding hydrogens is 452 g/mol. The largest absolute Gasteiger partial charge is 0.383 e. The minimum absolute atomic E-state index is 0.0203. The minimum atomic E-state index is -0.669. The van der Waals surface area contributed by atoms with Gasteiger partial charge in [0.1, 0.15) is 5.82 Å². The van der Waals surface area contributed by atoms with Crippen molar-refractivity contribution in [2.75, 3.05) is 19.0 Å². The molecule has 0 fully saturated rings. The van der Waals surface area contributed by atoms with Gasteiger partial charge >= 0.3 is 0 Å². The van der Waals surface area contributed by atoms with Crippen LogP contribution in [0, 0.1) is 5.82 Å². The molecule has 10 heteroatoms. The highest BCUT2D eigenvalue weighted by Gasteiger charge is 2.20. The molecule has 0 spiro atoms. The maximum atomic E-state index is 14.0. The molecule has 1 N–H and O–H groups in total. The van der Waals surface area contributed by atoms with Crippen molar-refractivity contribution in [1.82, 2.24) is 9.55 Å². The standard InChI is InChI=1S/C20H18Cl2FN3O3S/c1-11(18(27)24-16-6-4-12(21)9-15(16)23)30-20-25-17-10-13(22)3-5-14(17)19(28)26(20)7-8-29-2/h3-6,9-11H,7-8H2,1-2H3,(H,24,27). The molecule has 2 aromatic carbocycles. The highest BCUT2D eigenvalue weighted by molar-refractivity contribution is 8.00. The van der Waals surface area contributed by atoms with Crippen LogP contribution in [0.1, 0.15) is 6.92 Å². The Morgan fingerprint density at radius 2 is 1.97 bits per heavy atom. The van der Waals surface area contributed by atoms with E-state index in [9.17, 15) is 14.0 Å². The number of rotatable bonds is 7. The first-order chi connectivity index (χ1) is 14.3. The molecule has 0 saturated heterocycles. The van der Waals surface area contributed by atoms with Crippen molar-refractivity contribution in [3.05, 3.63) is 62.6 Å². The maximum absolute atomic E-state index is 14.0. The second-order valence-electron chi connectivity index (χ2n) is 6.38. The average molecular weight is 470 g/mol. The van der Waals surface area contributed by atoms with Crippen LogP contribution >= 0.6 is 35.0 Å². The summed E-state index contributed by atoms with van der Waals surface area (Å²) in [4.78, 5) is 30.0. The van der Waals surface area contributed by atoms with Crippen molar-refractivity contribution in [1.29, 1.82) is 0 Å². The molecule has 1 aromatic heterocycles. The van der Waals surface area contributed by atoms with Crippen LogP contribution in [-0.2, 0) is 16.1 Å².